The summed E-state index contributed by atoms with van der Waals surface area (Å²) < 4.78 is 5.28. The summed E-state index contributed by atoms with van der Waals surface area (Å²) in [7, 11) is 0. The number of nitro groups is 1. The lowest BCUT2D eigenvalue weighted by molar-refractivity contribution is -0.385. The van der Waals surface area contributed by atoms with Crippen LogP contribution in [0.1, 0.15) is 34.1 Å². The van der Waals surface area contributed by atoms with Gasteiger partial charge >= 0.3 is 5.69 Å². The lowest BCUT2D eigenvalue weighted by Gasteiger charge is -2.22. The molecule has 6 nitrogen and oxygen atoms in total. The van der Waals surface area contributed by atoms with E-state index in [1.54, 1.807) is 19.1 Å². The first kappa shape index (κ1) is 17.2. The van der Waals surface area contributed by atoms with Crippen LogP contribution in [0.25, 0.3) is 0 Å². The summed E-state index contributed by atoms with van der Waals surface area (Å²) in [6.07, 6.45) is 0.196. The van der Waals surface area contributed by atoms with Crippen LogP contribution in [0.2, 0.25) is 0 Å². The Morgan fingerprint density at radius 1 is 1.43 bits per heavy atom. The average molecular weight is 296 g/mol. The van der Waals surface area contributed by atoms with Crippen LogP contribution < -0.4 is 10.1 Å². The second kappa shape index (κ2) is 7.26. The Kier molecular flexibility index (Phi) is 5.96. The molecule has 0 saturated heterocycles. The van der Waals surface area contributed by atoms with Crippen molar-refractivity contribution >= 4 is 11.4 Å². The van der Waals surface area contributed by atoms with Crippen LogP contribution in [-0.4, -0.2) is 29.3 Å². The van der Waals surface area contributed by atoms with Gasteiger partial charge in [0.2, 0.25) is 0 Å². The SMILES string of the molecule is CCOc1cc(NCC(O)CC(C)(C)C)ccc1[N+](=O)[O-]. The van der Waals surface area contributed by atoms with Crippen molar-refractivity contribution in [3.8, 4) is 5.75 Å². The van der Waals surface area contributed by atoms with Gasteiger partial charge in [0.25, 0.3) is 0 Å². The lowest BCUT2D eigenvalue weighted by Crippen LogP contribution is -2.25. The summed E-state index contributed by atoms with van der Waals surface area (Å²) in [6.45, 7) is 8.72. The molecule has 0 heterocycles. The molecule has 0 amide bonds. The highest BCUT2D eigenvalue weighted by atomic mass is 16.6. The largest absolute Gasteiger partial charge is 0.487 e. The standard InChI is InChI=1S/C15H24N2O4/c1-5-21-14-8-11(6-7-13(14)17(19)20)16-10-12(18)9-15(2,3)4/h6-8,12,16,18H,5,9-10H2,1-4H3. The van der Waals surface area contributed by atoms with Gasteiger partial charge in [0, 0.05) is 24.4 Å². The molecule has 6 heteroatoms. The summed E-state index contributed by atoms with van der Waals surface area (Å²) in [4.78, 5) is 10.4. The Morgan fingerprint density at radius 2 is 2.10 bits per heavy atom. The number of aliphatic hydroxyl groups excluding tert-OH is 1. The Labute approximate surface area is 125 Å². The van der Waals surface area contributed by atoms with Crippen LogP contribution in [0.15, 0.2) is 18.2 Å². The quantitative estimate of drug-likeness (QED) is 0.596. The molecular weight excluding hydrogens is 272 g/mol. The maximum atomic E-state index is 10.9. The lowest BCUT2D eigenvalue weighted by atomic mass is 9.89. The van der Waals surface area contributed by atoms with Gasteiger partial charge in [0.05, 0.1) is 17.6 Å². The van der Waals surface area contributed by atoms with Crippen molar-refractivity contribution in [1.82, 2.24) is 0 Å². The van der Waals surface area contributed by atoms with E-state index in [1.165, 1.54) is 6.07 Å². The number of rotatable bonds is 7. The molecule has 118 valence electrons. The smallest absolute Gasteiger partial charge is 0.311 e. The third kappa shape index (κ3) is 5.99. The van der Waals surface area contributed by atoms with Crippen LogP contribution in [0, 0.1) is 15.5 Å². The van der Waals surface area contributed by atoms with Crippen LogP contribution in [-0.2, 0) is 0 Å². The second-order valence-corrected chi connectivity index (χ2v) is 6.17. The van der Waals surface area contributed by atoms with Crippen LogP contribution in [0.3, 0.4) is 0 Å². The van der Waals surface area contributed by atoms with Gasteiger partial charge in [-0.3, -0.25) is 10.1 Å². The van der Waals surface area contributed by atoms with Gasteiger partial charge in [-0.1, -0.05) is 20.8 Å². The van der Waals surface area contributed by atoms with E-state index >= 15 is 0 Å². The van der Waals surface area contributed by atoms with E-state index in [-0.39, 0.29) is 16.9 Å². The zero-order chi connectivity index (χ0) is 16.0. The number of nitrogens with zero attached hydrogens (tertiary/aromatic N) is 1. The maximum Gasteiger partial charge on any atom is 0.311 e. The van der Waals surface area contributed by atoms with Gasteiger partial charge in [0.15, 0.2) is 5.75 Å². The average Bonchev–Trinajstić information content (AvgIpc) is 2.34. The monoisotopic (exact) mass is 296 g/mol. The van der Waals surface area contributed by atoms with E-state index in [2.05, 4.69) is 26.1 Å². The third-order valence-corrected chi connectivity index (χ3v) is 2.85. The van der Waals surface area contributed by atoms with Crippen LogP contribution >= 0.6 is 0 Å². The molecule has 1 aromatic rings. The zero-order valence-corrected chi connectivity index (χ0v) is 13.0. The third-order valence-electron chi connectivity index (χ3n) is 2.85. The summed E-state index contributed by atoms with van der Waals surface area (Å²) in [5.74, 6) is 0.234. The minimum atomic E-state index is -0.476. The number of hydrogen-bond donors (Lipinski definition) is 2. The van der Waals surface area contributed by atoms with Crippen molar-refractivity contribution in [1.29, 1.82) is 0 Å². The molecule has 0 radical (unpaired) electrons. The molecule has 0 aliphatic heterocycles. The number of nitrogens with one attached hydrogen (secondary N) is 1. The summed E-state index contributed by atoms with van der Waals surface area (Å²) in [5.41, 5.74) is 0.683. The first-order valence-corrected chi connectivity index (χ1v) is 7.06. The highest BCUT2D eigenvalue weighted by Gasteiger charge is 2.18. The normalized spacial score (nSPS) is 12.8. The molecule has 0 aromatic heterocycles. The van der Waals surface area contributed by atoms with Crippen molar-refractivity contribution in [3.05, 3.63) is 28.3 Å². The Morgan fingerprint density at radius 3 is 2.62 bits per heavy atom. The fourth-order valence-electron chi connectivity index (χ4n) is 2.06. The van der Waals surface area contributed by atoms with E-state index in [4.69, 9.17) is 4.74 Å². The highest BCUT2D eigenvalue weighted by molar-refractivity contribution is 5.58. The molecule has 0 bridgehead atoms. The van der Waals surface area contributed by atoms with Gasteiger partial charge in [-0.15, -0.1) is 0 Å². The van der Waals surface area contributed by atoms with Gasteiger partial charge in [-0.05, 0) is 24.8 Å². The van der Waals surface area contributed by atoms with Crippen molar-refractivity contribution in [2.75, 3.05) is 18.5 Å². The van der Waals surface area contributed by atoms with E-state index in [9.17, 15) is 15.2 Å². The molecule has 0 aliphatic rings. The molecule has 0 aliphatic carbocycles. The van der Waals surface area contributed by atoms with Gasteiger partial charge in [-0.2, -0.15) is 0 Å². The number of hydrogen-bond acceptors (Lipinski definition) is 5. The Hall–Kier alpha value is -1.82. The maximum absolute atomic E-state index is 10.9. The van der Waals surface area contributed by atoms with Crippen molar-refractivity contribution in [2.24, 2.45) is 5.41 Å². The first-order chi connectivity index (χ1) is 9.73. The predicted molar refractivity (Wildman–Crippen MR) is 82.8 cm³/mol. The van der Waals surface area contributed by atoms with E-state index in [0.717, 1.165) is 0 Å². The van der Waals surface area contributed by atoms with Crippen LogP contribution in [0.5, 0.6) is 5.75 Å². The molecule has 1 rings (SSSR count). The summed E-state index contributed by atoms with van der Waals surface area (Å²) >= 11 is 0. The number of aliphatic hydroxyl groups is 1. The summed E-state index contributed by atoms with van der Waals surface area (Å²) in [6, 6.07) is 4.61. The fraction of sp³-hybridized carbons (Fsp3) is 0.600. The Bertz CT molecular complexity index is 483. The molecule has 1 atom stereocenters. The molecule has 21 heavy (non-hydrogen) atoms. The molecular formula is C15H24N2O4. The highest BCUT2D eigenvalue weighted by Crippen LogP contribution is 2.30. The van der Waals surface area contributed by atoms with Gasteiger partial charge in [0.1, 0.15) is 0 Å². The fourth-order valence-corrected chi connectivity index (χ4v) is 2.06. The molecule has 0 spiro atoms. The van der Waals surface area contributed by atoms with E-state index in [1.807, 2.05) is 0 Å². The molecule has 2 N–H and O–H groups in total. The minimum absolute atomic E-state index is 0.0487. The Balaban J connectivity index is 2.72. The van der Waals surface area contributed by atoms with Crippen molar-refractivity contribution in [3.63, 3.8) is 0 Å². The topological polar surface area (TPSA) is 84.6 Å². The first-order valence-electron chi connectivity index (χ1n) is 7.06. The molecule has 1 unspecified atom stereocenters. The van der Waals surface area contributed by atoms with Crippen molar-refractivity contribution in [2.45, 2.75) is 40.2 Å². The zero-order valence-electron chi connectivity index (χ0n) is 13.0. The van der Waals surface area contributed by atoms with Gasteiger partial charge < -0.3 is 15.2 Å². The molecule has 1 aromatic carbocycles. The molecule has 0 saturated carbocycles. The summed E-state index contributed by atoms with van der Waals surface area (Å²) in [5, 5.41) is 23.9. The van der Waals surface area contributed by atoms with Crippen LogP contribution in [0.4, 0.5) is 11.4 Å². The van der Waals surface area contributed by atoms with E-state index in [0.29, 0.717) is 25.3 Å². The van der Waals surface area contributed by atoms with Gasteiger partial charge in [-0.25, -0.2) is 0 Å². The number of ether oxygens (including phenoxy) is 1. The predicted octanol–water partition coefficient (Wildman–Crippen LogP) is 3.20. The second-order valence-electron chi connectivity index (χ2n) is 6.17. The van der Waals surface area contributed by atoms with E-state index < -0.39 is 11.0 Å². The number of benzene rings is 1. The number of anilines is 1. The number of nitro benzene ring substituents is 1. The minimum Gasteiger partial charge on any atom is -0.487 e. The van der Waals surface area contributed by atoms with Crippen molar-refractivity contribution < 1.29 is 14.8 Å². The molecule has 0 fully saturated rings.